The fraction of sp³-hybridized carbons (Fsp3) is 0.150. The standard InChI is InChI=1S/C20H17F3N4O/c1-2-27(12-13-6-4-3-5-7-13)17-11-10-16(25-26-17)24-20(28)14-8-9-15(21)19(23)18(14)22/h3-11H,2,12H2,1H3,(H,24,25,28). The van der Waals surface area contributed by atoms with E-state index < -0.39 is 28.9 Å². The lowest BCUT2D eigenvalue weighted by Gasteiger charge is -2.21. The minimum atomic E-state index is -1.70. The van der Waals surface area contributed by atoms with Crippen molar-refractivity contribution < 1.29 is 18.0 Å². The quantitative estimate of drug-likeness (QED) is 0.646. The lowest BCUT2D eigenvalue weighted by Crippen LogP contribution is -2.23. The Labute approximate surface area is 159 Å². The predicted octanol–water partition coefficient (Wildman–Crippen LogP) is 4.17. The largest absolute Gasteiger partial charge is 0.351 e. The molecule has 1 heterocycles. The van der Waals surface area contributed by atoms with Crippen LogP contribution in [-0.4, -0.2) is 22.6 Å². The Morgan fingerprint density at radius 1 is 0.964 bits per heavy atom. The van der Waals surface area contributed by atoms with Crippen molar-refractivity contribution >= 4 is 17.5 Å². The van der Waals surface area contributed by atoms with Crippen molar-refractivity contribution in [3.63, 3.8) is 0 Å². The van der Waals surface area contributed by atoms with E-state index in [4.69, 9.17) is 0 Å². The van der Waals surface area contributed by atoms with Crippen LogP contribution in [0.1, 0.15) is 22.8 Å². The van der Waals surface area contributed by atoms with Gasteiger partial charge in [0.05, 0.1) is 5.56 Å². The molecule has 3 aromatic rings. The van der Waals surface area contributed by atoms with Gasteiger partial charge in [-0.05, 0) is 36.8 Å². The Hall–Kier alpha value is -3.42. The molecule has 3 rings (SSSR count). The monoisotopic (exact) mass is 386 g/mol. The average molecular weight is 386 g/mol. The summed E-state index contributed by atoms with van der Waals surface area (Å²) in [7, 11) is 0. The zero-order valence-corrected chi connectivity index (χ0v) is 15.0. The molecule has 0 saturated heterocycles. The molecule has 0 aliphatic rings. The number of amides is 1. The molecule has 0 spiro atoms. The molecule has 0 aliphatic carbocycles. The molecule has 28 heavy (non-hydrogen) atoms. The molecule has 0 fully saturated rings. The Morgan fingerprint density at radius 3 is 2.36 bits per heavy atom. The second-order valence-corrected chi connectivity index (χ2v) is 5.95. The number of nitrogens with zero attached hydrogens (tertiary/aromatic N) is 3. The molecule has 1 aromatic heterocycles. The van der Waals surface area contributed by atoms with E-state index in [-0.39, 0.29) is 5.82 Å². The normalized spacial score (nSPS) is 10.6. The lowest BCUT2D eigenvalue weighted by atomic mass is 10.2. The Bertz CT molecular complexity index is 965. The summed E-state index contributed by atoms with van der Waals surface area (Å²) in [5.74, 6) is -4.90. The number of hydrogen-bond acceptors (Lipinski definition) is 4. The molecular formula is C20H17F3N4O. The van der Waals surface area contributed by atoms with Gasteiger partial charge in [0.25, 0.3) is 5.91 Å². The van der Waals surface area contributed by atoms with E-state index >= 15 is 0 Å². The summed E-state index contributed by atoms with van der Waals surface area (Å²) >= 11 is 0. The zero-order chi connectivity index (χ0) is 20.1. The highest BCUT2D eigenvalue weighted by atomic mass is 19.2. The molecule has 2 aromatic carbocycles. The summed E-state index contributed by atoms with van der Waals surface area (Å²) in [6.45, 7) is 3.30. The van der Waals surface area contributed by atoms with Gasteiger partial charge in [0.1, 0.15) is 0 Å². The van der Waals surface area contributed by atoms with Crippen LogP contribution in [-0.2, 0) is 6.54 Å². The minimum Gasteiger partial charge on any atom is -0.351 e. The van der Waals surface area contributed by atoms with Gasteiger partial charge < -0.3 is 10.2 Å². The summed E-state index contributed by atoms with van der Waals surface area (Å²) in [5.41, 5.74) is 0.487. The van der Waals surface area contributed by atoms with Gasteiger partial charge in [-0.2, -0.15) is 0 Å². The van der Waals surface area contributed by atoms with E-state index in [9.17, 15) is 18.0 Å². The number of carbonyl (C=O) groups excluding carboxylic acids is 1. The lowest BCUT2D eigenvalue weighted by molar-refractivity contribution is 0.102. The summed E-state index contributed by atoms with van der Waals surface area (Å²) in [4.78, 5) is 14.1. The SMILES string of the molecule is CCN(Cc1ccccc1)c1ccc(NC(=O)c2ccc(F)c(F)c2F)nn1. The summed E-state index contributed by atoms with van der Waals surface area (Å²) in [6.07, 6.45) is 0. The first-order valence-corrected chi connectivity index (χ1v) is 8.57. The number of rotatable bonds is 6. The Kier molecular flexibility index (Phi) is 5.88. The van der Waals surface area contributed by atoms with Gasteiger partial charge in [-0.3, -0.25) is 4.79 Å². The number of benzene rings is 2. The van der Waals surface area contributed by atoms with E-state index in [2.05, 4.69) is 15.5 Å². The maximum absolute atomic E-state index is 13.7. The third-order valence-corrected chi connectivity index (χ3v) is 4.09. The van der Waals surface area contributed by atoms with Crippen molar-refractivity contribution in [1.82, 2.24) is 10.2 Å². The molecule has 0 radical (unpaired) electrons. The molecule has 5 nitrogen and oxygen atoms in total. The molecule has 0 bridgehead atoms. The van der Waals surface area contributed by atoms with Crippen LogP contribution in [0.2, 0.25) is 0 Å². The third kappa shape index (κ3) is 4.28. The molecular weight excluding hydrogens is 369 g/mol. The first kappa shape index (κ1) is 19.3. The Morgan fingerprint density at radius 2 is 1.71 bits per heavy atom. The molecule has 1 amide bonds. The summed E-state index contributed by atoms with van der Waals surface area (Å²) in [5, 5.41) is 10.3. The number of nitrogens with one attached hydrogen (secondary N) is 1. The number of aromatic nitrogens is 2. The predicted molar refractivity (Wildman–Crippen MR) is 99.5 cm³/mol. The van der Waals surface area contributed by atoms with Crippen LogP contribution in [0.4, 0.5) is 24.8 Å². The number of hydrogen-bond donors (Lipinski definition) is 1. The summed E-state index contributed by atoms with van der Waals surface area (Å²) in [6, 6.07) is 14.6. The topological polar surface area (TPSA) is 58.1 Å². The van der Waals surface area contributed by atoms with Crippen molar-refractivity contribution in [2.24, 2.45) is 0 Å². The molecule has 1 N–H and O–H groups in total. The van der Waals surface area contributed by atoms with Gasteiger partial charge in [-0.1, -0.05) is 30.3 Å². The van der Waals surface area contributed by atoms with Crippen LogP contribution >= 0.6 is 0 Å². The molecule has 0 unspecified atom stereocenters. The van der Waals surface area contributed by atoms with Crippen molar-refractivity contribution in [3.8, 4) is 0 Å². The minimum absolute atomic E-state index is 0.0636. The number of carbonyl (C=O) groups is 1. The molecule has 0 atom stereocenters. The molecule has 0 saturated carbocycles. The first-order chi connectivity index (χ1) is 13.5. The van der Waals surface area contributed by atoms with Crippen LogP contribution in [0.3, 0.4) is 0 Å². The van der Waals surface area contributed by atoms with Gasteiger partial charge in [0.2, 0.25) is 0 Å². The highest BCUT2D eigenvalue weighted by Gasteiger charge is 2.19. The fourth-order valence-corrected chi connectivity index (χ4v) is 2.60. The zero-order valence-electron chi connectivity index (χ0n) is 15.0. The molecule has 144 valence electrons. The van der Waals surface area contributed by atoms with Crippen LogP contribution < -0.4 is 10.2 Å². The second kappa shape index (κ2) is 8.51. The van der Waals surface area contributed by atoms with E-state index in [1.165, 1.54) is 6.07 Å². The highest BCUT2D eigenvalue weighted by Crippen LogP contribution is 2.18. The van der Waals surface area contributed by atoms with E-state index in [1.807, 2.05) is 42.2 Å². The van der Waals surface area contributed by atoms with Crippen LogP contribution in [0.25, 0.3) is 0 Å². The van der Waals surface area contributed by atoms with Crippen molar-refractivity contribution in [1.29, 1.82) is 0 Å². The highest BCUT2D eigenvalue weighted by molar-refractivity contribution is 6.03. The van der Waals surface area contributed by atoms with Gasteiger partial charge in [-0.15, -0.1) is 10.2 Å². The van der Waals surface area contributed by atoms with Crippen molar-refractivity contribution in [2.45, 2.75) is 13.5 Å². The van der Waals surface area contributed by atoms with E-state index in [0.29, 0.717) is 25.0 Å². The maximum atomic E-state index is 13.7. The average Bonchev–Trinajstić information content (AvgIpc) is 2.71. The van der Waals surface area contributed by atoms with Gasteiger partial charge in [0.15, 0.2) is 29.1 Å². The maximum Gasteiger partial charge on any atom is 0.259 e. The van der Waals surface area contributed by atoms with Gasteiger partial charge in [-0.25, -0.2) is 13.2 Å². The first-order valence-electron chi connectivity index (χ1n) is 8.57. The number of anilines is 2. The second-order valence-electron chi connectivity index (χ2n) is 5.95. The molecule has 0 aliphatic heterocycles. The van der Waals surface area contributed by atoms with E-state index in [0.717, 1.165) is 11.6 Å². The fourth-order valence-electron chi connectivity index (χ4n) is 2.60. The van der Waals surface area contributed by atoms with Crippen LogP contribution in [0.5, 0.6) is 0 Å². The van der Waals surface area contributed by atoms with Crippen molar-refractivity contribution in [2.75, 3.05) is 16.8 Å². The van der Waals surface area contributed by atoms with E-state index in [1.54, 1.807) is 6.07 Å². The smallest absolute Gasteiger partial charge is 0.259 e. The third-order valence-electron chi connectivity index (χ3n) is 4.09. The summed E-state index contributed by atoms with van der Waals surface area (Å²) < 4.78 is 40.0. The van der Waals surface area contributed by atoms with Gasteiger partial charge in [0, 0.05) is 13.1 Å². The van der Waals surface area contributed by atoms with Crippen LogP contribution in [0.15, 0.2) is 54.6 Å². The van der Waals surface area contributed by atoms with Crippen LogP contribution in [0, 0.1) is 17.5 Å². The Balaban J connectivity index is 1.72. The van der Waals surface area contributed by atoms with Gasteiger partial charge >= 0.3 is 0 Å². The number of halogens is 3. The van der Waals surface area contributed by atoms with Crippen molar-refractivity contribution in [3.05, 3.63) is 83.2 Å². The molecule has 8 heteroatoms.